The second kappa shape index (κ2) is 6.17. The van der Waals surface area contributed by atoms with E-state index in [1.54, 1.807) is 0 Å². The molecule has 6 nitrogen and oxygen atoms in total. The van der Waals surface area contributed by atoms with E-state index in [0.29, 0.717) is 11.5 Å². The maximum atomic E-state index is 11.8. The maximum Gasteiger partial charge on any atom is 0.305 e. The minimum atomic E-state index is -2.43. The summed E-state index contributed by atoms with van der Waals surface area (Å²) in [5.41, 5.74) is 5.31. The number of nitrogens with zero attached hydrogens (tertiary/aromatic N) is 1. The summed E-state index contributed by atoms with van der Waals surface area (Å²) in [6.07, 6.45) is 1.12. The molecule has 0 aliphatic carbocycles. The SMILES string of the molecule is Cl.NC(CC(=O)O)C(=O)N=S1(=O)CCCC1. The summed E-state index contributed by atoms with van der Waals surface area (Å²) in [5, 5.41) is 8.41. The molecule has 1 heterocycles. The fourth-order valence-corrected chi connectivity index (χ4v) is 3.52. The molecule has 0 spiro atoms. The number of nitrogens with two attached hydrogens (primary N) is 1. The number of rotatable bonds is 3. The van der Waals surface area contributed by atoms with Crippen molar-refractivity contribution in [2.24, 2.45) is 10.1 Å². The minimum Gasteiger partial charge on any atom is -0.481 e. The Balaban J connectivity index is 0.00000225. The molecule has 0 aromatic heterocycles. The summed E-state index contributed by atoms with van der Waals surface area (Å²) >= 11 is 0. The smallest absolute Gasteiger partial charge is 0.305 e. The molecule has 1 aliphatic rings. The zero-order valence-electron chi connectivity index (χ0n) is 8.63. The second-order valence-corrected chi connectivity index (χ2v) is 6.07. The Morgan fingerprint density at radius 3 is 2.31 bits per heavy atom. The number of carboxylic acids is 1. The number of carboxylic acid groups (broad SMARTS) is 1. The zero-order valence-corrected chi connectivity index (χ0v) is 10.3. The number of hydrogen-bond acceptors (Lipinski definition) is 4. The topological polar surface area (TPSA) is 110 Å². The molecular formula is C8H15ClN2O4S. The van der Waals surface area contributed by atoms with Gasteiger partial charge in [0.1, 0.15) is 0 Å². The molecule has 1 unspecified atom stereocenters. The molecular weight excluding hydrogens is 256 g/mol. The Labute approximate surface area is 100 Å². The third-order valence-electron chi connectivity index (χ3n) is 2.14. The lowest BCUT2D eigenvalue weighted by Crippen LogP contribution is -2.32. The molecule has 1 aliphatic heterocycles. The predicted molar refractivity (Wildman–Crippen MR) is 62.0 cm³/mol. The van der Waals surface area contributed by atoms with Gasteiger partial charge in [-0.3, -0.25) is 9.59 Å². The molecule has 0 aromatic carbocycles. The van der Waals surface area contributed by atoms with Crippen LogP contribution in [-0.2, 0) is 19.3 Å². The second-order valence-electron chi connectivity index (χ2n) is 3.52. The van der Waals surface area contributed by atoms with E-state index in [2.05, 4.69) is 4.36 Å². The van der Waals surface area contributed by atoms with Crippen molar-refractivity contribution in [2.75, 3.05) is 11.5 Å². The van der Waals surface area contributed by atoms with E-state index < -0.39 is 34.1 Å². The molecule has 1 fully saturated rings. The van der Waals surface area contributed by atoms with Crippen molar-refractivity contribution in [3.63, 3.8) is 0 Å². The van der Waals surface area contributed by atoms with Crippen molar-refractivity contribution < 1.29 is 18.9 Å². The molecule has 16 heavy (non-hydrogen) atoms. The molecule has 94 valence electrons. The van der Waals surface area contributed by atoms with Gasteiger partial charge in [0.05, 0.1) is 22.2 Å². The van der Waals surface area contributed by atoms with Gasteiger partial charge < -0.3 is 10.8 Å². The van der Waals surface area contributed by atoms with E-state index in [-0.39, 0.29) is 12.4 Å². The Bertz CT molecular complexity index is 377. The first-order valence-electron chi connectivity index (χ1n) is 4.67. The molecule has 8 heteroatoms. The minimum absolute atomic E-state index is 0. The summed E-state index contributed by atoms with van der Waals surface area (Å²) in [4.78, 5) is 21.6. The van der Waals surface area contributed by atoms with E-state index >= 15 is 0 Å². The molecule has 0 bridgehead atoms. The summed E-state index contributed by atoms with van der Waals surface area (Å²) in [5.74, 6) is -1.09. The predicted octanol–water partition coefficient (Wildman–Crippen LogP) is -0.00140. The number of carbonyl (C=O) groups excluding carboxylic acids is 1. The first-order chi connectivity index (χ1) is 6.93. The van der Waals surface area contributed by atoms with E-state index in [9.17, 15) is 13.8 Å². The summed E-state index contributed by atoms with van der Waals surface area (Å²) in [6, 6.07) is -1.18. The molecule has 1 saturated heterocycles. The van der Waals surface area contributed by atoms with Crippen molar-refractivity contribution >= 4 is 34.0 Å². The lowest BCUT2D eigenvalue weighted by molar-refractivity contribution is -0.139. The lowest BCUT2D eigenvalue weighted by Gasteiger charge is -2.04. The first kappa shape index (κ1) is 15.3. The van der Waals surface area contributed by atoms with Gasteiger partial charge in [0, 0.05) is 11.5 Å². The average molecular weight is 271 g/mol. The first-order valence-corrected chi connectivity index (χ1v) is 6.52. The average Bonchev–Trinajstić information content (AvgIpc) is 2.50. The van der Waals surface area contributed by atoms with Gasteiger partial charge in [0.2, 0.25) is 0 Å². The van der Waals surface area contributed by atoms with Crippen LogP contribution in [0.25, 0.3) is 0 Å². The van der Waals surface area contributed by atoms with Crippen LogP contribution >= 0.6 is 12.4 Å². The quantitative estimate of drug-likeness (QED) is 0.750. The van der Waals surface area contributed by atoms with Crippen LogP contribution in [0, 0.1) is 0 Å². The lowest BCUT2D eigenvalue weighted by atomic mass is 10.2. The largest absolute Gasteiger partial charge is 0.481 e. The Morgan fingerprint density at radius 1 is 1.38 bits per heavy atom. The van der Waals surface area contributed by atoms with Crippen LogP contribution in [0.15, 0.2) is 4.36 Å². The fourth-order valence-electron chi connectivity index (χ4n) is 1.36. The van der Waals surface area contributed by atoms with Crippen molar-refractivity contribution in [3.8, 4) is 0 Å². The summed E-state index contributed by atoms with van der Waals surface area (Å²) in [7, 11) is -2.43. The molecule has 3 N–H and O–H groups in total. The van der Waals surface area contributed by atoms with E-state index in [4.69, 9.17) is 10.8 Å². The van der Waals surface area contributed by atoms with E-state index in [1.165, 1.54) is 0 Å². The number of amides is 1. The highest BCUT2D eigenvalue weighted by Crippen LogP contribution is 2.13. The maximum absolute atomic E-state index is 11.8. The van der Waals surface area contributed by atoms with E-state index in [0.717, 1.165) is 12.8 Å². The van der Waals surface area contributed by atoms with Crippen LogP contribution in [-0.4, -0.2) is 38.7 Å². The van der Waals surface area contributed by atoms with Gasteiger partial charge in [-0.15, -0.1) is 12.4 Å². The third-order valence-corrected chi connectivity index (χ3v) is 4.51. The van der Waals surface area contributed by atoms with Gasteiger partial charge in [-0.05, 0) is 12.8 Å². The monoisotopic (exact) mass is 270 g/mol. The standard InChI is InChI=1S/C8H14N2O4S.ClH/c9-6(5-7(11)12)8(13)10-15(14)3-1-2-4-15;/h6H,1-5,9H2,(H,11,12);1H. The van der Waals surface area contributed by atoms with Gasteiger partial charge in [-0.2, -0.15) is 4.36 Å². The van der Waals surface area contributed by atoms with Crippen LogP contribution in [0.4, 0.5) is 0 Å². The highest BCUT2D eigenvalue weighted by Gasteiger charge is 2.22. The van der Waals surface area contributed by atoms with Gasteiger partial charge in [-0.1, -0.05) is 0 Å². The number of halogens is 1. The number of aliphatic carboxylic acids is 1. The van der Waals surface area contributed by atoms with Crippen molar-refractivity contribution in [2.45, 2.75) is 25.3 Å². The van der Waals surface area contributed by atoms with Crippen molar-refractivity contribution in [1.29, 1.82) is 0 Å². The Morgan fingerprint density at radius 2 is 1.88 bits per heavy atom. The van der Waals surface area contributed by atoms with Gasteiger partial charge >= 0.3 is 5.97 Å². The summed E-state index contributed by atoms with van der Waals surface area (Å²) in [6.45, 7) is 0. The third kappa shape index (κ3) is 4.46. The zero-order chi connectivity index (χ0) is 11.5. The highest BCUT2D eigenvalue weighted by molar-refractivity contribution is 7.94. The van der Waals surface area contributed by atoms with E-state index in [1.807, 2.05) is 0 Å². The molecule has 1 rings (SSSR count). The van der Waals surface area contributed by atoms with Crippen molar-refractivity contribution in [1.82, 2.24) is 0 Å². The Kier molecular flexibility index (Phi) is 5.91. The normalized spacial score (nSPS) is 19.6. The number of carbonyl (C=O) groups is 2. The highest BCUT2D eigenvalue weighted by atomic mass is 35.5. The Hall–Kier alpha value is -0.660. The summed E-state index contributed by atoms with van der Waals surface area (Å²) < 4.78 is 15.4. The molecule has 0 saturated carbocycles. The van der Waals surface area contributed by atoms with Crippen LogP contribution in [0.3, 0.4) is 0 Å². The molecule has 1 atom stereocenters. The van der Waals surface area contributed by atoms with Crippen molar-refractivity contribution in [3.05, 3.63) is 0 Å². The molecule has 0 radical (unpaired) electrons. The molecule has 0 aromatic rings. The van der Waals surface area contributed by atoms with Gasteiger partial charge in [-0.25, -0.2) is 4.21 Å². The van der Waals surface area contributed by atoms with Crippen LogP contribution < -0.4 is 5.73 Å². The number of hydrogen-bond donors (Lipinski definition) is 2. The van der Waals surface area contributed by atoms with Gasteiger partial charge in [0.25, 0.3) is 5.91 Å². The van der Waals surface area contributed by atoms with Crippen LogP contribution in [0.1, 0.15) is 19.3 Å². The van der Waals surface area contributed by atoms with Gasteiger partial charge in [0.15, 0.2) is 0 Å². The fraction of sp³-hybridized carbons (Fsp3) is 0.750. The van der Waals surface area contributed by atoms with Crippen LogP contribution in [0.2, 0.25) is 0 Å². The van der Waals surface area contributed by atoms with Crippen LogP contribution in [0.5, 0.6) is 0 Å². The molecule has 1 amide bonds.